The number of likely N-dealkylation sites (tertiary alicyclic amines) is 1. The molecule has 51 heavy (non-hydrogen) atoms. The molecule has 0 N–H and O–H groups in total. The predicted octanol–water partition coefficient (Wildman–Crippen LogP) is 7.31. The Balaban J connectivity index is 1.53. The van der Waals surface area contributed by atoms with Gasteiger partial charge in [0.05, 0.1) is 55.7 Å². The minimum absolute atomic E-state index is 0.0270. The maximum absolute atomic E-state index is 14.1. The van der Waals surface area contributed by atoms with Crippen LogP contribution < -0.4 is 28.4 Å². The Morgan fingerprint density at radius 3 is 1.73 bits per heavy atom. The van der Waals surface area contributed by atoms with Crippen molar-refractivity contribution in [3.8, 4) is 34.5 Å². The monoisotopic (exact) mass is 698 g/mol. The van der Waals surface area contributed by atoms with Gasteiger partial charge in [-0.15, -0.1) is 0 Å². The van der Waals surface area contributed by atoms with Crippen LogP contribution in [0.5, 0.6) is 34.5 Å². The predicted molar refractivity (Wildman–Crippen MR) is 195 cm³/mol. The number of carbonyl (C=O) groups is 2. The quantitative estimate of drug-likeness (QED) is 0.149. The van der Waals surface area contributed by atoms with E-state index in [0.29, 0.717) is 62.5 Å². The van der Waals surface area contributed by atoms with Gasteiger partial charge in [-0.2, -0.15) is 0 Å². The van der Waals surface area contributed by atoms with Gasteiger partial charge in [-0.05, 0) is 78.8 Å². The zero-order valence-electron chi connectivity index (χ0n) is 30.7. The van der Waals surface area contributed by atoms with Crippen LogP contribution in [-0.2, 0) is 4.79 Å². The molecule has 2 aromatic carbocycles. The lowest BCUT2D eigenvalue weighted by Gasteiger charge is -2.36. The second-order valence-corrected chi connectivity index (χ2v) is 13.2. The summed E-state index contributed by atoms with van der Waals surface area (Å²) in [5, 5.41) is 4.13. The molecule has 1 aliphatic carbocycles. The van der Waals surface area contributed by atoms with Crippen molar-refractivity contribution in [1.82, 2.24) is 10.1 Å². The molecule has 1 atom stereocenters. The highest BCUT2D eigenvalue weighted by Gasteiger charge is 2.33. The van der Waals surface area contributed by atoms with Crippen molar-refractivity contribution in [1.29, 1.82) is 0 Å². The van der Waals surface area contributed by atoms with Crippen LogP contribution in [0.2, 0.25) is 0 Å². The van der Waals surface area contributed by atoms with Gasteiger partial charge >= 0.3 is 0 Å². The Morgan fingerprint density at radius 2 is 1.29 bits per heavy atom. The number of benzene rings is 2. The van der Waals surface area contributed by atoms with Crippen molar-refractivity contribution in [2.75, 3.05) is 55.7 Å². The van der Waals surface area contributed by atoms with Crippen molar-refractivity contribution in [2.45, 2.75) is 33.6 Å². The van der Waals surface area contributed by atoms with Crippen molar-refractivity contribution in [3.63, 3.8) is 0 Å². The molecule has 1 fully saturated rings. The summed E-state index contributed by atoms with van der Waals surface area (Å²) in [5.41, 5.74) is 3.54. The maximum Gasteiger partial charge on any atom is 0.276 e. The van der Waals surface area contributed by atoms with E-state index in [1.54, 1.807) is 47.4 Å². The number of aromatic nitrogens is 1. The van der Waals surface area contributed by atoms with Crippen LogP contribution >= 0.6 is 0 Å². The molecular formula is C40H46N2O9. The molecule has 1 saturated heterocycles. The van der Waals surface area contributed by atoms with Gasteiger partial charge in [0.1, 0.15) is 0 Å². The van der Waals surface area contributed by atoms with Gasteiger partial charge in [0.15, 0.2) is 40.2 Å². The fraction of sp³-hybridized carbons (Fsp3) is 0.375. The van der Waals surface area contributed by atoms with E-state index in [1.165, 1.54) is 48.2 Å². The average Bonchev–Trinajstić information content (AvgIpc) is 3.60. The van der Waals surface area contributed by atoms with Crippen molar-refractivity contribution < 1.29 is 42.5 Å². The molecule has 2 aliphatic rings. The highest BCUT2D eigenvalue weighted by molar-refractivity contribution is 6.16. The molecule has 0 radical (unpaired) electrons. The van der Waals surface area contributed by atoms with Gasteiger partial charge in [0.2, 0.25) is 11.5 Å². The van der Waals surface area contributed by atoms with E-state index < -0.39 is 0 Å². The van der Waals surface area contributed by atoms with Gasteiger partial charge in [0, 0.05) is 23.1 Å². The van der Waals surface area contributed by atoms with E-state index in [2.05, 4.69) is 38.1 Å². The standard InChI is InChI=1S/C40H46N2O9/c1-24-11-10-14-40(2,3)30(24)13-12-29-21-31(41-51-29)39(44)42-22-27(15-25-17-32(45-4)37(49-8)33(18-25)46-5)36(43)28(23-42)16-26-19-34(47-6)38(50-9)35(20-26)48-7/h11-13,15-21,30H,10,14,22-23H2,1-9H3/b13-12+,27-15+,28-16+. The lowest BCUT2D eigenvalue weighted by Crippen LogP contribution is -2.41. The average molecular weight is 699 g/mol. The summed E-state index contributed by atoms with van der Waals surface area (Å²) in [6.07, 6.45) is 11.9. The number of hydrogen-bond donors (Lipinski definition) is 0. The molecule has 1 unspecified atom stereocenters. The Morgan fingerprint density at radius 1 is 0.804 bits per heavy atom. The molecule has 270 valence electrons. The number of ketones is 1. The lowest BCUT2D eigenvalue weighted by atomic mass is 9.68. The summed E-state index contributed by atoms with van der Waals surface area (Å²) in [7, 11) is 9.13. The zero-order valence-corrected chi connectivity index (χ0v) is 30.7. The normalized spacial score (nSPS) is 18.9. The Hall–Kier alpha value is -5.45. The van der Waals surface area contributed by atoms with E-state index in [-0.39, 0.29) is 41.8 Å². The highest BCUT2D eigenvalue weighted by Crippen LogP contribution is 2.43. The number of ether oxygens (including phenoxy) is 6. The molecule has 5 rings (SSSR count). The number of allylic oxidation sites excluding steroid dienone is 3. The number of amides is 1. The van der Waals surface area contributed by atoms with Crippen LogP contribution in [0.25, 0.3) is 18.2 Å². The molecule has 1 aliphatic heterocycles. The van der Waals surface area contributed by atoms with Gasteiger partial charge in [-0.1, -0.05) is 36.7 Å². The van der Waals surface area contributed by atoms with E-state index >= 15 is 0 Å². The summed E-state index contributed by atoms with van der Waals surface area (Å²) < 4.78 is 38.7. The third-order valence-electron chi connectivity index (χ3n) is 9.44. The van der Waals surface area contributed by atoms with Crippen LogP contribution in [0.1, 0.15) is 61.0 Å². The first-order chi connectivity index (χ1) is 24.5. The minimum atomic E-state index is -0.383. The smallest absolute Gasteiger partial charge is 0.276 e. The van der Waals surface area contributed by atoms with Gasteiger partial charge < -0.3 is 37.8 Å². The number of hydrogen-bond acceptors (Lipinski definition) is 10. The minimum Gasteiger partial charge on any atom is -0.493 e. The number of Topliss-reactive ketones (excluding diaryl/α,β-unsaturated/α-hetero) is 1. The molecule has 1 aromatic heterocycles. The summed E-state index contributed by atoms with van der Waals surface area (Å²) in [6.45, 7) is 6.73. The fourth-order valence-electron chi connectivity index (χ4n) is 6.76. The topological polar surface area (TPSA) is 119 Å². The summed E-state index contributed by atoms with van der Waals surface area (Å²) in [4.78, 5) is 29.7. The molecule has 2 heterocycles. The number of methoxy groups -OCH3 is 6. The first kappa shape index (κ1) is 36.8. The fourth-order valence-corrected chi connectivity index (χ4v) is 6.76. The number of rotatable bonds is 11. The van der Waals surface area contributed by atoms with E-state index in [9.17, 15) is 9.59 Å². The van der Waals surface area contributed by atoms with E-state index in [0.717, 1.165) is 12.8 Å². The Kier molecular flexibility index (Phi) is 11.3. The maximum atomic E-state index is 14.1. The largest absolute Gasteiger partial charge is 0.493 e. The van der Waals surface area contributed by atoms with Gasteiger partial charge in [-0.25, -0.2) is 0 Å². The van der Waals surface area contributed by atoms with Gasteiger partial charge in [-0.3, -0.25) is 9.59 Å². The summed E-state index contributed by atoms with van der Waals surface area (Å²) >= 11 is 0. The molecule has 11 nitrogen and oxygen atoms in total. The van der Waals surface area contributed by atoms with Crippen LogP contribution in [0, 0.1) is 11.3 Å². The molecule has 0 saturated carbocycles. The van der Waals surface area contributed by atoms with Crippen LogP contribution in [0.3, 0.4) is 0 Å². The summed E-state index contributed by atoms with van der Waals surface area (Å²) in [6, 6.07) is 8.60. The molecule has 1 amide bonds. The molecule has 0 bridgehead atoms. The number of piperidine rings is 1. The SMILES string of the molecule is COc1cc(/C=C2\CN(C(=O)c3cc(/C=C/C4C(C)=CCCC4(C)C)on3)C/C(=C\c3cc(OC)c(OC)c(OC)c3)C2=O)cc(OC)c1OC. The summed E-state index contributed by atoms with van der Waals surface area (Å²) in [5.74, 6) is 2.66. The first-order valence-corrected chi connectivity index (χ1v) is 16.6. The molecule has 0 spiro atoms. The molecular weight excluding hydrogens is 652 g/mol. The highest BCUT2D eigenvalue weighted by atomic mass is 16.5. The number of nitrogens with zero attached hydrogens (tertiary/aromatic N) is 2. The second kappa shape index (κ2) is 15.6. The second-order valence-electron chi connectivity index (χ2n) is 13.2. The molecule has 3 aromatic rings. The van der Waals surface area contributed by atoms with E-state index in [4.69, 9.17) is 32.9 Å². The zero-order chi connectivity index (χ0) is 36.9. The van der Waals surface area contributed by atoms with Crippen LogP contribution in [-0.4, -0.2) is 77.5 Å². The van der Waals surface area contributed by atoms with Crippen LogP contribution in [0.4, 0.5) is 0 Å². The third-order valence-corrected chi connectivity index (χ3v) is 9.44. The number of carbonyl (C=O) groups excluding carboxylic acids is 2. The molecule has 11 heteroatoms. The van der Waals surface area contributed by atoms with Crippen molar-refractivity contribution >= 4 is 29.9 Å². The Labute approximate surface area is 299 Å². The van der Waals surface area contributed by atoms with E-state index in [1.807, 2.05) is 6.08 Å². The Bertz CT molecular complexity index is 1780. The van der Waals surface area contributed by atoms with Crippen molar-refractivity contribution in [3.05, 3.63) is 81.8 Å². The first-order valence-electron chi connectivity index (χ1n) is 16.6. The van der Waals surface area contributed by atoms with Gasteiger partial charge in [0.25, 0.3) is 5.91 Å². The third kappa shape index (κ3) is 7.82. The lowest BCUT2D eigenvalue weighted by molar-refractivity contribution is -0.113. The van der Waals surface area contributed by atoms with Crippen molar-refractivity contribution in [2.24, 2.45) is 11.3 Å². The van der Waals surface area contributed by atoms with Crippen LogP contribution in [0.15, 0.2) is 63.7 Å².